The zero-order valence-corrected chi connectivity index (χ0v) is 19.3. The molecule has 0 heterocycles. The normalized spacial score (nSPS) is 11.2. The summed E-state index contributed by atoms with van der Waals surface area (Å²) in [5.41, 5.74) is 2.76. The van der Waals surface area contributed by atoms with Crippen LogP contribution in [0.15, 0.2) is 77.8 Å². The lowest BCUT2D eigenvalue weighted by Gasteiger charge is -2.22. The van der Waals surface area contributed by atoms with Crippen LogP contribution < -0.4 is 10.2 Å². The number of carbonyl (C=O) groups excluding carboxylic acids is 2. The second-order valence-electron chi connectivity index (χ2n) is 7.36. The number of aryl methyl sites for hydroxylation is 1. The summed E-state index contributed by atoms with van der Waals surface area (Å²) in [4.78, 5) is 32.9. The standard InChI is InChI=1S/C26H26ClN3O3/c1-3-30(15-16-31)20-13-14-22(18(2)17-20)28-24(25(32)19-9-5-4-6-10-19)26(33)29-23-12-8-7-11-21(23)27/h4-14,17,31H,3,15-16H2,1-2H3,(H,29,33)/b28-24-. The fourth-order valence-corrected chi connectivity index (χ4v) is 3.53. The van der Waals surface area contributed by atoms with E-state index >= 15 is 0 Å². The number of rotatable bonds is 9. The highest BCUT2D eigenvalue weighted by molar-refractivity contribution is 6.70. The van der Waals surface area contributed by atoms with Crippen LogP contribution in [0, 0.1) is 6.92 Å². The Morgan fingerprint density at radius 2 is 1.73 bits per heavy atom. The summed E-state index contributed by atoms with van der Waals surface area (Å²) in [6.07, 6.45) is 0. The van der Waals surface area contributed by atoms with Gasteiger partial charge in [-0.3, -0.25) is 9.59 Å². The van der Waals surface area contributed by atoms with Gasteiger partial charge in [0.15, 0.2) is 5.71 Å². The lowest BCUT2D eigenvalue weighted by Crippen LogP contribution is -2.30. The molecule has 3 rings (SSSR count). The van der Waals surface area contributed by atoms with Crippen molar-refractivity contribution in [2.45, 2.75) is 13.8 Å². The van der Waals surface area contributed by atoms with Gasteiger partial charge in [0, 0.05) is 24.3 Å². The highest BCUT2D eigenvalue weighted by atomic mass is 35.5. The van der Waals surface area contributed by atoms with Gasteiger partial charge in [-0.25, -0.2) is 4.99 Å². The lowest BCUT2D eigenvalue weighted by atomic mass is 10.1. The fourth-order valence-electron chi connectivity index (χ4n) is 3.35. The second kappa shape index (κ2) is 11.4. The number of anilines is 2. The monoisotopic (exact) mass is 463 g/mol. The van der Waals surface area contributed by atoms with Gasteiger partial charge in [-0.05, 0) is 49.7 Å². The summed E-state index contributed by atoms with van der Waals surface area (Å²) in [6.45, 7) is 5.17. The van der Waals surface area contributed by atoms with Gasteiger partial charge in [-0.1, -0.05) is 54.1 Å². The summed E-state index contributed by atoms with van der Waals surface area (Å²) >= 11 is 6.18. The number of carbonyl (C=O) groups is 2. The molecule has 2 N–H and O–H groups in total. The molecule has 0 bridgehead atoms. The Morgan fingerprint density at radius 1 is 1.03 bits per heavy atom. The molecule has 0 saturated heterocycles. The Kier molecular flexibility index (Phi) is 8.35. The molecule has 170 valence electrons. The van der Waals surface area contributed by atoms with Crippen molar-refractivity contribution in [1.29, 1.82) is 0 Å². The highest BCUT2D eigenvalue weighted by Crippen LogP contribution is 2.26. The van der Waals surface area contributed by atoms with Gasteiger partial charge in [0.1, 0.15) is 0 Å². The number of hydrogen-bond donors (Lipinski definition) is 2. The molecular formula is C26H26ClN3O3. The zero-order valence-electron chi connectivity index (χ0n) is 18.6. The Labute approximate surface area is 198 Å². The van der Waals surface area contributed by atoms with E-state index in [0.717, 1.165) is 17.8 Å². The van der Waals surface area contributed by atoms with Crippen molar-refractivity contribution in [3.05, 3.63) is 88.9 Å². The van der Waals surface area contributed by atoms with Crippen LogP contribution in [0.2, 0.25) is 5.02 Å². The maximum atomic E-state index is 13.2. The van der Waals surface area contributed by atoms with Crippen molar-refractivity contribution >= 4 is 46.1 Å². The van der Waals surface area contributed by atoms with Gasteiger partial charge in [0.25, 0.3) is 5.91 Å². The highest BCUT2D eigenvalue weighted by Gasteiger charge is 2.23. The number of aliphatic hydroxyl groups is 1. The maximum absolute atomic E-state index is 13.2. The number of halogens is 1. The average molecular weight is 464 g/mol. The summed E-state index contributed by atoms with van der Waals surface area (Å²) in [6, 6.07) is 20.9. The molecule has 0 aliphatic carbocycles. The number of nitrogens with zero attached hydrogens (tertiary/aromatic N) is 2. The smallest absolute Gasteiger partial charge is 0.278 e. The van der Waals surface area contributed by atoms with Crippen LogP contribution in [0.25, 0.3) is 0 Å². The molecule has 7 heteroatoms. The van der Waals surface area contributed by atoms with E-state index in [1.807, 2.05) is 30.9 Å². The van der Waals surface area contributed by atoms with E-state index in [0.29, 0.717) is 28.5 Å². The molecule has 33 heavy (non-hydrogen) atoms. The molecular weight excluding hydrogens is 438 g/mol. The Balaban J connectivity index is 2.01. The van der Waals surface area contributed by atoms with E-state index in [1.165, 1.54) is 0 Å². The number of aliphatic imine (C=N–C) groups is 1. The predicted molar refractivity (Wildman–Crippen MR) is 134 cm³/mol. The first-order valence-corrected chi connectivity index (χ1v) is 11.0. The Hall–Kier alpha value is -3.48. The molecule has 0 atom stereocenters. The minimum Gasteiger partial charge on any atom is -0.395 e. The third-order valence-corrected chi connectivity index (χ3v) is 5.45. The molecule has 0 aromatic heterocycles. The van der Waals surface area contributed by atoms with Crippen molar-refractivity contribution in [3.63, 3.8) is 0 Å². The van der Waals surface area contributed by atoms with E-state index in [1.54, 1.807) is 60.7 Å². The Morgan fingerprint density at radius 3 is 2.36 bits per heavy atom. The van der Waals surface area contributed by atoms with Crippen molar-refractivity contribution in [2.75, 3.05) is 29.9 Å². The van der Waals surface area contributed by atoms with Crippen LogP contribution >= 0.6 is 11.6 Å². The van der Waals surface area contributed by atoms with Crippen LogP contribution in [0.4, 0.5) is 17.1 Å². The van der Waals surface area contributed by atoms with E-state index in [2.05, 4.69) is 10.3 Å². The van der Waals surface area contributed by atoms with Crippen molar-refractivity contribution < 1.29 is 14.7 Å². The van der Waals surface area contributed by atoms with Gasteiger partial charge in [-0.2, -0.15) is 0 Å². The predicted octanol–water partition coefficient (Wildman–Crippen LogP) is 5.06. The van der Waals surface area contributed by atoms with E-state index in [9.17, 15) is 14.7 Å². The van der Waals surface area contributed by atoms with Gasteiger partial charge in [-0.15, -0.1) is 0 Å². The number of aliphatic hydroxyl groups excluding tert-OH is 1. The molecule has 0 radical (unpaired) electrons. The molecule has 0 aliphatic heterocycles. The first-order chi connectivity index (χ1) is 15.9. The van der Waals surface area contributed by atoms with Crippen molar-refractivity contribution in [3.8, 4) is 0 Å². The van der Waals surface area contributed by atoms with Crippen LogP contribution in [0.1, 0.15) is 22.8 Å². The number of likely N-dealkylation sites (N-methyl/N-ethyl adjacent to an activating group) is 1. The zero-order chi connectivity index (χ0) is 23.8. The molecule has 0 fully saturated rings. The van der Waals surface area contributed by atoms with E-state index in [4.69, 9.17) is 11.6 Å². The van der Waals surface area contributed by atoms with Crippen molar-refractivity contribution in [1.82, 2.24) is 0 Å². The molecule has 1 amide bonds. The molecule has 0 aliphatic rings. The minimum absolute atomic E-state index is 0.0464. The lowest BCUT2D eigenvalue weighted by molar-refractivity contribution is -0.110. The van der Waals surface area contributed by atoms with Crippen LogP contribution in [-0.2, 0) is 4.79 Å². The number of para-hydroxylation sites is 1. The molecule has 3 aromatic carbocycles. The first-order valence-electron chi connectivity index (χ1n) is 10.6. The minimum atomic E-state index is -0.643. The van der Waals surface area contributed by atoms with Gasteiger partial charge < -0.3 is 15.3 Å². The third kappa shape index (κ3) is 6.06. The summed E-state index contributed by atoms with van der Waals surface area (Å²) in [5.74, 6) is -1.13. The second-order valence-corrected chi connectivity index (χ2v) is 7.77. The first kappa shape index (κ1) is 24.2. The van der Waals surface area contributed by atoms with E-state index < -0.39 is 11.7 Å². The summed E-state index contributed by atoms with van der Waals surface area (Å²) < 4.78 is 0. The number of Topliss-reactive ketones (excluding diaryl/α,β-unsaturated/α-hetero) is 1. The third-order valence-electron chi connectivity index (χ3n) is 5.12. The van der Waals surface area contributed by atoms with Gasteiger partial charge in [0.2, 0.25) is 5.78 Å². The van der Waals surface area contributed by atoms with E-state index in [-0.39, 0.29) is 12.3 Å². The topological polar surface area (TPSA) is 82.0 Å². The fraction of sp³-hybridized carbons (Fsp3) is 0.192. The molecule has 6 nitrogen and oxygen atoms in total. The summed E-state index contributed by atoms with van der Waals surface area (Å²) in [7, 11) is 0. The van der Waals surface area contributed by atoms with Crippen LogP contribution in [-0.4, -0.2) is 42.2 Å². The quantitative estimate of drug-likeness (QED) is 0.264. The van der Waals surface area contributed by atoms with Crippen LogP contribution in [0.3, 0.4) is 0 Å². The molecule has 0 unspecified atom stereocenters. The van der Waals surface area contributed by atoms with Crippen molar-refractivity contribution in [2.24, 2.45) is 4.99 Å². The maximum Gasteiger partial charge on any atom is 0.278 e. The number of ketones is 1. The molecule has 3 aromatic rings. The Bertz CT molecular complexity index is 1160. The number of amides is 1. The van der Waals surface area contributed by atoms with Gasteiger partial charge >= 0.3 is 0 Å². The average Bonchev–Trinajstić information content (AvgIpc) is 2.83. The number of hydrogen-bond acceptors (Lipinski definition) is 5. The molecule has 0 spiro atoms. The van der Waals surface area contributed by atoms with Gasteiger partial charge in [0.05, 0.1) is 23.0 Å². The largest absolute Gasteiger partial charge is 0.395 e. The van der Waals surface area contributed by atoms with Crippen LogP contribution in [0.5, 0.6) is 0 Å². The molecule has 0 saturated carbocycles. The summed E-state index contributed by atoms with van der Waals surface area (Å²) in [5, 5.41) is 12.3. The SMILES string of the molecule is CCN(CCO)c1ccc(/N=C(\C(=O)Nc2ccccc2Cl)C(=O)c2ccccc2)c(C)c1. The number of nitrogens with one attached hydrogen (secondary N) is 1. The number of benzene rings is 3.